The van der Waals surface area contributed by atoms with E-state index in [9.17, 15) is 37.2 Å². The summed E-state index contributed by atoms with van der Waals surface area (Å²) in [4.78, 5) is 80.9. The number of carbonyl (C=O) groups is 6. The second-order valence-corrected chi connectivity index (χ2v) is 18.0. The number of hydrogen-bond donors (Lipinski definition) is 5. The van der Waals surface area contributed by atoms with Gasteiger partial charge in [0.1, 0.15) is 24.7 Å². The first kappa shape index (κ1) is 49.2. The van der Waals surface area contributed by atoms with Crippen molar-refractivity contribution < 1.29 is 46.7 Å². The van der Waals surface area contributed by atoms with Crippen molar-refractivity contribution in [3.63, 3.8) is 0 Å². The van der Waals surface area contributed by atoms with Crippen LogP contribution in [0.25, 0.3) is 0 Å². The van der Waals surface area contributed by atoms with Crippen LogP contribution < -0.4 is 26.6 Å². The number of likely N-dealkylation sites (N-methyl/N-ethyl adjacent to an activating group) is 1. The molecule has 17 nitrogen and oxygen atoms in total. The third-order valence-electron chi connectivity index (χ3n) is 10.8. The third kappa shape index (κ3) is 14.1. The zero-order valence-electron chi connectivity index (χ0n) is 37.1. The lowest BCUT2D eigenvalue weighted by Gasteiger charge is -2.29. The number of nitrogens with zero attached hydrogens (tertiary/aromatic N) is 2. The summed E-state index contributed by atoms with van der Waals surface area (Å²) in [6, 6.07) is 25.9. The van der Waals surface area contributed by atoms with Crippen LogP contribution in [0.4, 0.5) is 21.0 Å². The Morgan fingerprint density at radius 2 is 1.48 bits per heavy atom. The molecule has 0 unspecified atom stereocenters. The van der Waals surface area contributed by atoms with E-state index < -0.39 is 64.1 Å². The van der Waals surface area contributed by atoms with Gasteiger partial charge in [-0.05, 0) is 79.1 Å². The number of ether oxygens (including phenoxy) is 2. The summed E-state index contributed by atoms with van der Waals surface area (Å²) < 4.78 is 39.1. The fourth-order valence-electron chi connectivity index (χ4n) is 7.25. The first-order chi connectivity index (χ1) is 31.0. The third-order valence-corrected chi connectivity index (χ3v) is 12.7. The summed E-state index contributed by atoms with van der Waals surface area (Å²) in [7, 11) is -1.59. The molecule has 4 aromatic rings. The van der Waals surface area contributed by atoms with Crippen LogP contribution in [-0.4, -0.2) is 105 Å². The van der Waals surface area contributed by atoms with Crippen molar-refractivity contribution >= 4 is 57.2 Å². The topological polar surface area (TPSA) is 222 Å². The summed E-state index contributed by atoms with van der Waals surface area (Å²) in [5.41, 5.74) is 3.52. The highest BCUT2D eigenvalue weighted by atomic mass is 32.2. The van der Waals surface area contributed by atoms with Crippen molar-refractivity contribution in [3.8, 4) is 0 Å². The molecule has 18 heteroatoms. The van der Waals surface area contributed by atoms with Gasteiger partial charge in [-0.3, -0.25) is 14.4 Å². The Morgan fingerprint density at radius 3 is 2.12 bits per heavy atom. The maximum absolute atomic E-state index is 14.0. The van der Waals surface area contributed by atoms with E-state index in [0.29, 0.717) is 23.4 Å². The van der Waals surface area contributed by atoms with Gasteiger partial charge in [0.25, 0.3) is 0 Å². The van der Waals surface area contributed by atoms with Gasteiger partial charge in [0.05, 0.1) is 18.4 Å². The fourth-order valence-corrected chi connectivity index (χ4v) is 8.92. The summed E-state index contributed by atoms with van der Waals surface area (Å²) in [5.74, 6) is -2.43. The standard InChI is InChI=1S/C47H57N7O10S/c1-31(2)26-40(53(4)42(55)27-33-20-22-35(23-21-33)49-46(59)52-38-19-13-12-14-32(38)3)43(56)48-25-24-39(45(58)63-5)51-44(57)41-28-36(50-47(60)64-30-34-15-8-6-9-16-34)29-54(41)65(61,62)37-17-10-7-11-18-37/h6-23,31,36,39-41H,24-30H2,1-5H3,(H,48,56)(H,50,60)(H,51,57)(H2,49,52,59)/t36-,39+,40+,41+/m1/s1. The van der Waals surface area contributed by atoms with Crippen LogP contribution in [0.2, 0.25) is 0 Å². The van der Waals surface area contributed by atoms with E-state index in [1.807, 2.05) is 45.0 Å². The molecule has 4 aromatic carbocycles. The van der Waals surface area contributed by atoms with Crippen LogP contribution in [0.15, 0.2) is 114 Å². The predicted molar refractivity (Wildman–Crippen MR) is 244 cm³/mol. The van der Waals surface area contributed by atoms with Crippen LogP contribution >= 0.6 is 0 Å². The largest absolute Gasteiger partial charge is 0.467 e. The minimum atomic E-state index is -4.26. The molecule has 0 bridgehead atoms. The number of para-hydroxylation sites is 1. The van der Waals surface area contributed by atoms with E-state index in [1.54, 1.807) is 79.8 Å². The molecule has 0 spiro atoms. The van der Waals surface area contributed by atoms with E-state index in [4.69, 9.17) is 9.47 Å². The van der Waals surface area contributed by atoms with Gasteiger partial charge in [-0.1, -0.05) is 92.7 Å². The van der Waals surface area contributed by atoms with Gasteiger partial charge in [0.2, 0.25) is 27.7 Å². The predicted octanol–water partition coefficient (Wildman–Crippen LogP) is 4.98. The molecular weight excluding hydrogens is 855 g/mol. The highest BCUT2D eigenvalue weighted by Crippen LogP contribution is 2.27. The minimum Gasteiger partial charge on any atom is -0.467 e. The Kier molecular flexibility index (Phi) is 17.6. The highest BCUT2D eigenvalue weighted by Gasteiger charge is 2.45. The minimum absolute atomic E-state index is 0.0184. The average Bonchev–Trinajstić information content (AvgIpc) is 3.73. The van der Waals surface area contributed by atoms with Gasteiger partial charge >= 0.3 is 18.1 Å². The number of aryl methyl sites for hydroxylation is 1. The summed E-state index contributed by atoms with van der Waals surface area (Å²) in [6.07, 6.45) is -0.759. The number of esters is 1. The Labute approximate surface area is 379 Å². The number of anilines is 2. The van der Waals surface area contributed by atoms with Gasteiger partial charge in [0.15, 0.2) is 0 Å². The van der Waals surface area contributed by atoms with Gasteiger partial charge < -0.3 is 41.0 Å². The lowest BCUT2D eigenvalue weighted by molar-refractivity contribution is -0.145. The molecule has 0 aliphatic carbocycles. The second-order valence-electron chi connectivity index (χ2n) is 16.1. The molecular formula is C47H57N7O10S. The maximum Gasteiger partial charge on any atom is 0.407 e. The SMILES string of the molecule is COC(=O)[C@H](CCNC(=O)[C@H](CC(C)C)N(C)C(=O)Cc1ccc(NC(=O)Nc2ccccc2C)cc1)NC(=O)[C@@H]1C[C@@H](NC(=O)OCc2ccccc2)CN1S(=O)(=O)c1ccccc1. The number of alkyl carbamates (subject to hydrolysis) is 1. The van der Waals surface area contributed by atoms with Crippen LogP contribution in [0.3, 0.4) is 0 Å². The Balaban J connectivity index is 1.19. The lowest BCUT2D eigenvalue weighted by Crippen LogP contribution is -2.52. The normalized spacial score (nSPS) is 15.8. The molecule has 1 aliphatic heterocycles. The van der Waals surface area contributed by atoms with Crippen molar-refractivity contribution in [3.05, 3.63) is 126 Å². The Hall–Kier alpha value is -6.79. The van der Waals surface area contributed by atoms with E-state index in [2.05, 4.69) is 26.6 Å². The lowest BCUT2D eigenvalue weighted by atomic mass is 10.0. The zero-order chi connectivity index (χ0) is 47.1. The van der Waals surface area contributed by atoms with Gasteiger partial charge in [-0.2, -0.15) is 4.31 Å². The summed E-state index contributed by atoms with van der Waals surface area (Å²) >= 11 is 0. The van der Waals surface area contributed by atoms with Crippen LogP contribution in [0.1, 0.15) is 49.8 Å². The first-order valence-electron chi connectivity index (χ1n) is 21.2. The first-order valence-corrected chi connectivity index (χ1v) is 22.7. The molecule has 1 saturated heterocycles. The molecule has 0 saturated carbocycles. The average molecular weight is 912 g/mol. The number of sulfonamides is 1. The van der Waals surface area contributed by atoms with Crippen LogP contribution in [0, 0.1) is 12.8 Å². The van der Waals surface area contributed by atoms with Gasteiger partial charge in [-0.25, -0.2) is 22.8 Å². The number of amides is 6. The summed E-state index contributed by atoms with van der Waals surface area (Å²) in [5, 5.41) is 13.6. The molecule has 5 N–H and O–H groups in total. The van der Waals surface area contributed by atoms with Crippen molar-refractivity contribution in [1.82, 2.24) is 25.2 Å². The number of hydrogen-bond acceptors (Lipinski definition) is 10. The van der Waals surface area contributed by atoms with E-state index in [1.165, 1.54) is 17.0 Å². The van der Waals surface area contributed by atoms with Crippen LogP contribution in [0.5, 0.6) is 0 Å². The quantitative estimate of drug-likeness (QED) is 0.0795. The Bertz CT molecular complexity index is 2380. The molecule has 0 radical (unpaired) electrons. The van der Waals surface area contributed by atoms with E-state index in [-0.39, 0.29) is 55.7 Å². The second kappa shape index (κ2) is 23.2. The molecule has 0 aromatic heterocycles. The molecule has 5 rings (SSSR count). The molecule has 1 fully saturated rings. The number of rotatable bonds is 19. The van der Waals surface area contributed by atoms with Crippen LogP contribution in [-0.2, 0) is 51.7 Å². The van der Waals surface area contributed by atoms with Gasteiger partial charge in [-0.15, -0.1) is 0 Å². The number of urea groups is 1. The molecule has 1 aliphatic rings. The number of methoxy groups -OCH3 is 1. The van der Waals surface area contributed by atoms with Crippen molar-refractivity contribution in [2.24, 2.45) is 5.92 Å². The summed E-state index contributed by atoms with van der Waals surface area (Å²) in [6.45, 7) is 5.33. The Morgan fingerprint density at radius 1 is 0.831 bits per heavy atom. The van der Waals surface area contributed by atoms with E-state index >= 15 is 0 Å². The van der Waals surface area contributed by atoms with Crippen molar-refractivity contribution in [1.29, 1.82) is 0 Å². The van der Waals surface area contributed by atoms with Gasteiger partial charge in [0, 0.05) is 37.6 Å². The number of carbonyl (C=O) groups excluding carboxylic acids is 6. The van der Waals surface area contributed by atoms with Crippen molar-refractivity contribution in [2.45, 2.75) is 82.1 Å². The smallest absolute Gasteiger partial charge is 0.407 e. The molecule has 4 atom stereocenters. The fraction of sp³-hybridized carbons (Fsp3) is 0.362. The zero-order valence-corrected chi connectivity index (χ0v) is 37.9. The molecule has 1 heterocycles. The number of nitrogens with one attached hydrogen (secondary N) is 5. The molecule has 65 heavy (non-hydrogen) atoms. The highest BCUT2D eigenvalue weighted by molar-refractivity contribution is 7.89. The maximum atomic E-state index is 14.0. The number of benzene rings is 4. The molecule has 346 valence electrons. The van der Waals surface area contributed by atoms with E-state index in [0.717, 1.165) is 22.5 Å². The van der Waals surface area contributed by atoms with Crippen molar-refractivity contribution in [2.75, 3.05) is 37.9 Å². The molecule has 6 amide bonds. The monoisotopic (exact) mass is 911 g/mol.